The Morgan fingerprint density at radius 2 is 1.90 bits per heavy atom. The Balaban J connectivity index is 1.40. The smallest absolute Gasteiger partial charge is 0.279 e. The van der Waals surface area contributed by atoms with Crippen molar-refractivity contribution in [1.82, 2.24) is 30.5 Å². The standard InChI is InChI=1S/C17H16N8O3S2/c1-8-20-11-5-3-2-4-9(11)15(28)25(8)19-7-12-23-24-17(30-12)18-6-10-13(26)21-16(29)22-14(10)27/h2-5,10,19H,6-7H2,1H3,(H,18,24)(H2,21,22,26,27,29). The molecule has 0 saturated carbocycles. The van der Waals surface area contributed by atoms with Crippen LogP contribution in [0.4, 0.5) is 5.13 Å². The van der Waals surface area contributed by atoms with Crippen molar-refractivity contribution in [3.8, 4) is 0 Å². The number of aromatic nitrogens is 4. The van der Waals surface area contributed by atoms with Gasteiger partial charge in [-0.3, -0.25) is 14.4 Å². The minimum atomic E-state index is -0.924. The molecule has 1 aromatic carbocycles. The zero-order valence-electron chi connectivity index (χ0n) is 15.6. The molecule has 2 aromatic heterocycles. The van der Waals surface area contributed by atoms with Gasteiger partial charge in [0, 0.05) is 6.54 Å². The molecule has 30 heavy (non-hydrogen) atoms. The maximum absolute atomic E-state index is 12.7. The quantitative estimate of drug-likeness (QED) is 0.302. The fourth-order valence-corrected chi connectivity index (χ4v) is 3.78. The second-order valence-electron chi connectivity index (χ2n) is 6.39. The fourth-order valence-electron chi connectivity index (χ4n) is 2.90. The number of carbonyl (C=O) groups excluding carboxylic acids is 2. The summed E-state index contributed by atoms with van der Waals surface area (Å²) in [7, 11) is 0. The number of nitrogens with zero attached hydrogens (tertiary/aromatic N) is 4. The highest BCUT2D eigenvalue weighted by molar-refractivity contribution is 7.80. The largest absolute Gasteiger partial charge is 0.359 e. The van der Waals surface area contributed by atoms with Crippen LogP contribution in [0, 0.1) is 12.8 Å². The Bertz CT molecular complexity index is 1200. The third-order valence-electron chi connectivity index (χ3n) is 4.36. The van der Waals surface area contributed by atoms with E-state index in [0.29, 0.717) is 26.9 Å². The molecule has 4 N–H and O–H groups in total. The number of thiocarbonyl (C=S) groups is 1. The Labute approximate surface area is 178 Å². The average molecular weight is 445 g/mol. The number of benzene rings is 1. The number of para-hydroxylation sites is 1. The molecule has 0 unspecified atom stereocenters. The summed E-state index contributed by atoms with van der Waals surface area (Å²) in [6, 6.07) is 7.13. The van der Waals surface area contributed by atoms with Crippen LogP contribution in [0.2, 0.25) is 0 Å². The molecule has 4 rings (SSSR count). The van der Waals surface area contributed by atoms with Gasteiger partial charge >= 0.3 is 0 Å². The molecule has 2 amide bonds. The van der Waals surface area contributed by atoms with Crippen LogP contribution in [0.3, 0.4) is 0 Å². The highest BCUT2D eigenvalue weighted by atomic mass is 32.1. The van der Waals surface area contributed by atoms with Crippen molar-refractivity contribution in [2.24, 2.45) is 5.92 Å². The highest BCUT2D eigenvalue weighted by Crippen LogP contribution is 2.16. The zero-order chi connectivity index (χ0) is 21.3. The van der Waals surface area contributed by atoms with E-state index in [1.807, 2.05) is 6.07 Å². The lowest BCUT2D eigenvalue weighted by molar-refractivity contribution is -0.134. The first kappa shape index (κ1) is 19.8. The van der Waals surface area contributed by atoms with Gasteiger partial charge in [0.25, 0.3) is 5.56 Å². The summed E-state index contributed by atoms with van der Waals surface area (Å²) >= 11 is 6.01. The van der Waals surface area contributed by atoms with Gasteiger partial charge in [0.15, 0.2) is 5.11 Å². The van der Waals surface area contributed by atoms with Crippen LogP contribution in [0.15, 0.2) is 29.1 Å². The van der Waals surface area contributed by atoms with E-state index in [1.54, 1.807) is 25.1 Å². The summed E-state index contributed by atoms with van der Waals surface area (Å²) in [6.45, 7) is 2.04. The van der Waals surface area contributed by atoms with Gasteiger partial charge in [0.05, 0.1) is 17.4 Å². The van der Waals surface area contributed by atoms with Crippen LogP contribution in [-0.4, -0.2) is 43.3 Å². The van der Waals surface area contributed by atoms with E-state index < -0.39 is 17.7 Å². The third-order valence-corrected chi connectivity index (χ3v) is 5.45. The lowest BCUT2D eigenvalue weighted by atomic mass is 10.1. The van der Waals surface area contributed by atoms with Crippen LogP contribution in [0.25, 0.3) is 10.9 Å². The Kier molecular flexibility index (Phi) is 5.37. The third kappa shape index (κ3) is 3.97. The van der Waals surface area contributed by atoms with Crippen molar-refractivity contribution >= 4 is 56.5 Å². The Morgan fingerprint density at radius 1 is 1.17 bits per heavy atom. The Morgan fingerprint density at radius 3 is 2.67 bits per heavy atom. The molecule has 1 aliphatic heterocycles. The number of nitrogens with one attached hydrogen (secondary N) is 4. The van der Waals surface area contributed by atoms with Gasteiger partial charge in [-0.25, -0.2) is 9.66 Å². The Hall–Kier alpha value is -3.45. The van der Waals surface area contributed by atoms with E-state index in [4.69, 9.17) is 12.2 Å². The van der Waals surface area contributed by atoms with E-state index in [0.717, 1.165) is 0 Å². The minimum absolute atomic E-state index is 0.000702. The first-order chi connectivity index (χ1) is 14.4. The monoisotopic (exact) mass is 444 g/mol. The molecule has 154 valence electrons. The fraction of sp³-hybridized carbons (Fsp3) is 0.235. The minimum Gasteiger partial charge on any atom is -0.359 e. The number of aryl methyl sites for hydroxylation is 1. The first-order valence-corrected chi connectivity index (χ1v) is 10.1. The highest BCUT2D eigenvalue weighted by Gasteiger charge is 2.32. The summed E-state index contributed by atoms with van der Waals surface area (Å²) in [6.07, 6.45) is 0. The van der Waals surface area contributed by atoms with Crippen LogP contribution in [0.5, 0.6) is 0 Å². The second kappa shape index (κ2) is 8.12. The SMILES string of the molecule is Cc1nc2ccccc2c(=O)n1NCc1nnc(NCC2C(=O)NC(=S)NC2=O)s1. The summed E-state index contributed by atoms with van der Waals surface area (Å²) < 4.78 is 1.37. The summed E-state index contributed by atoms with van der Waals surface area (Å²) in [4.78, 5) is 40.8. The van der Waals surface area contributed by atoms with Gasteiger partial charge in [-0.05, 0) is 31.3 Å². The normalized spacial score (nSPS) is 14.5. The number of anilines is 1. The van der Waals surface area contributed by atoms with E-state index in [1.165, 1.54) is 16.0 Å². The molecule has 0 radical (unpaired) electrons. The summed E-state index contributed by atoms with van der Waals surface area (Å²) in [5.74, 6) is -1.34. The van der Waals surface area contributed by atoms with Crippen molar-refractivity contribution in [1.29, 1.82) is 0 Å². The first-order valence-electron chi connectivity index (χ1n) is 8.86. The van der Waals surface area contributed by atoms with Crippen LogP contribution in [-0.2, 0) is 16.1 Å². The molecule has 0 aliphatic carbocycles. The number of hydrogen-bond donors (Lipinski definition) is 4. The predicted molar refractivity (Wildman–Crippen MR) is 115 cm³/mol. The van der Waals surface area contributed by atoms with Crippen molar-refractivity contribution in [2.45, 2.75) is 13.5 Å². The molecule has 3 aromatic rings. The van der Waals surface area contributed by atoms with Crippen molar-refractivity contribution in [2.75, 3.05) is 17.3 Å². The lowest BCUT2D eigenvalue weighted by Crippen LogP contribution is -2.57. The zero-order valence-corrected chi connectivity index (χ0v) is 17.3. The van der Waals surface area contributed by atoms with Crippen molar-refractivity contribution in [3.05, 3.63) is 45.5 Å². The van der Waals surface area contributed by atoms with E-state index in [9.17, 15) is 14.4 Å². The molecule has 1 aliphatic rings. The van der Waals surface area contributed by atoms with Crippen molar-refractivity contribution in [3.63, 3.8) is 0 Å². The van der Waals surface area contributed by atoms with E-state index >= 15 is 0 Å². The number of rotatable bonds is 6. The molecule has 3 heterocycles. The molecular weight excluding hydrogens is 428 g/mol. The molecule has 1 fully saturated rings. The van der Waals surface area contributed by atoms with Gasteiger partial charge < -0.3 is 21.4 Å². The molecule has 13 heteroatoms. The molecule has 1 saturated heterocycles. The van der Waals surface area contributed by atoms with Crippen LogP contribution >= 0.6 is 23.6 Å². The molecule has 11 nitrogen and oxygen atoms in total. The van der Waals surface area contributed by atoms with Crippen molar-refractivity contribution < 1.29 is 9.59 Å². The van der Waals surface area contributed by atoms with Crippen LogP contribution < -0.4 is 26.9 Å². The average Bonchev–Trinajstić information content (AvgIpc) is 3.15. The number of fused-ring (bicyclic) bond motifs is 1. The van der Waals surface area contributed by atoms with Gasteiger partial charge in [-0.2, -0.15) is 0 Å². The van der Waals surface area contributed by atoms with Gasteiger partial charge in [-0.15, -0.1) is 10.2 Å². The summed E-state index contributed by atoms with van der Waals surface area (Å²) in [5, 5.41) is 17.3. The molecule has 0 bridgehead atoms. The van der Waals surface area contributed by atoms with Gasteiger partial charge in [-0.1, -0.05) is 23.5 Å². The number of hydrogen-bond acceptors (Lipinski definition) is 10. The van der Waals surface area contributed by atoms with Crippen LogP contribution in [0.1, 0.15) is 10.8 Å². The molecule has 0 atom stereocenters. The van der Waals surface area contributed by atoms with E-state index in [2.05, 4.69) is 36.6 Å². The maximum Gasteiger partial charge on any atom is 0.279 e. The lowest BCUT2D eigenvalue weighted by Gasteiger charge is -2.22. The van der Waals surface area contributed by atoms with Gasteiger partial charge in [0.1, 0.15) is 16.7 Å². The molecular formula is C17H16N8O3S2. The van der Waals surface area contributed by atoms with Gasteiger partial charge in [0.2, 0.25) is 16.9 Å². The maximum atomic E-state index is 12.7. The predicted octanol–water partition coefficient (Wildman–Crippen LogP) is -0.141. The second-order valence-corrected chi connectivity index (χ2v) is 7.86. The summed E-state index contributed by atoms with van der Waals surface area (Å²) in [5.41, 5.74) is 3.44. The number of amides is 2. The number of carbonyl (C=O) groups is 2. The van der Waals surface area contributed by atoms with E-state index in [-0.39, 0.29) is 23.8 Å². The topological polar surface area (TPSA) is 143 Å². The molecule has 0 spiro atoms.